The fourth-order valence-corrected chi connectivity index (χ4v) is 3.67. The maximum Gasteiger partial charge on any atom is 0.320 e. The van der Waals surface area contributed by atoms with Gasteiger partial charge in [0, 0.05) is 22.9 Å². The van der Waals surface area contributed by atoms with Crippen molar-refractivity contribution in [1.82, 2.24) is 15.5 Å². The molecule has 2 heterocycles. The third-order valence-electron chi connectivity index (χ3n) is 3.67. The minimum atomic E-state index is -0.258. The number of thiazole rings is 1. The summed E-state index contributed by atoms with van der Waals surface area (Å²) in [6, 6.07) is -0.258. The van der Waals surface area contributed by atoms with Crippen LogP contribution in [-0.4, -0.2) is 22.7 Å². The Labute approximate surface area is 126 Å². The van der Waals surface area contributed by atoms with Crippen molar-refractivity contribution in [3.8, 4) is 0 Å². The van der Waals surface area contributed by atoms with Gasteiger partial charge in [0.05, 0.1) is 10.7 Å². The summed E-state index contributed by atoms with van der Waals surface area (Å²) >= 11 is 1.77. The monoisotopic (exact) mass is 306 g/mol. The van der Waals surface area contributed by atoms with Crippen molar-refractivity contribution >= 4 is 23.2 Å². The SMILES string of the molecule is Cc1nc2c(s1)CCCC2CNC(=O)Nc1nocc1C. The van der Waals surface area contributed by atoms with Gasteiger partial charge in [-0.2, -0.15) is 0 Å². The number of carbonyl (C=O) groups excluding carboxylic acids is 1. The van der Waals surface area contributed by atoms with Gasteiger partial charge in [-0.3, -0.25) is 5.32 Å². The quantitative estimate of drug-likeness (QED) is 0.913. The van der Waals surface area contributed by atoms with Crippen molar-refractivity contribution < 1.29 is 9.32 Å². The zero-order valence-corrected chi connectivity index (χ0v) is 12.9. The maximum atomic E-state index is 11.9. The van der Waals surface area contributed by atoms with E-state index in [1.165, 1.54) is 16.8 Å². The van der Waals surface area contributed by atoms with E-state index in [9.17, 15) is 4.79 Å². The van der Waals surface area contributed by atoms with Crippen LogP contribution in [0.5, 0.6) is 0 Å². The second kappa shape index (κ2) is 5.85. The Kier molecular flexibility index (Phi) is 3.92. The van der Waals surface area contributed by atoms with Gasteiger partial charge in [-0.25, -0.2) is 9.78 Å². The topological polar surface area (TPSA) is 80.0 Å². The fraction of sp³-hybridized carbons (Fsp3) is 0.500. The molecule has 7 heteroatoms. The van der Waals surface area contributed by atoms with Gasteiger partial charge in [-0.05, 0) is 33.1 Å². The first-order valence-electron chi connectivity index (χ1n) is 7.05. The summed E-state index contributed by atoms with van der Waals surface area (Å²) in [5, 5.41) is 10.4. The van der Waals surface area contributed by atoms with E-state index in [-0.39, 0.29) is 6.03 Å². The van der Waals surface area contributed by atoms with Gasteiger partial charge in [-0.15, -0.1) is 11.3 Å². The Balaban J connectivity index is 1.58. The summed E-state index contributed by atoms with van der Waals surface area (Å²) in [4.78, 5) is 17.9. The van der Waals surface area contributed by atoms with Crippen LogP contribution in [0, 0.1) is 13.8 Å². The molecular formula is C14H18N4O2S. The lowest BCUT2D eigenvalue weighted by Crippen LogP contribution is -2.33. The molecule has 1 atom stereocenters. The molecule has 0 aromatic carbocycles. The Morgan fingerprint density at radius 2 is 2.38 bits per heavy atom. The van der Waals surface area contributed by atoms with Crippen molar-refractivity contribution in [3.05, 3.63) is 27.4 Å². The predicted octanol–water partition coefficient (Wildman–Crippen LogP) is 2.99. The molecular weight excluding hydrogens is 288 g/mol. The number of carbonyl (C=O) groups is 1. The number of amides is 2. The molecule has 0 saturated carbocycles. The number of hydrogen-bond acceptors (Lipinski definition) is 5. The maximum absolute atomic E-state index is 11.9. The zero-order valence-electron chi connectivity index (χ0n) is 12.1. The van der Waals surface area contributed by atoms with Crippen LogP contribution in [0.4, 0.5) is 10.6 Å². The van der Waals surface area contributed by atoms with Crippen molar-refractivity contribution in [2.24, 2.45) is 0 Å². The van der Waals surface area contributed by atoms with Gasteiger partial charge in [0.25, 0.3) is 0 Å². The average molecular weight is 306 g/mol. The van der Waals surface area contributed by atoms with Crippen LogP contribution in [0.1, 0.15) is 39.9 Å². The highest BCUT2D eigenvalue weighted by atomic mass is 32.1. The second-order valence-corrected chi connectivity index (χ2v) is 6.60. The zero-order chi connectivity index (χ0) is 14.8. The van der Waals surface area contributed by atoms with E-state index in [1.807, 2.05) is 13.8 Å². The number of nitrogens with zero attached hydrogens (tertiary/aromatic N) is 2. The summed E-state index contributed by atoms with van der Waals surface area (Å²) in [6.45, 7) is 4.46. The Morgan fingerprint density at radius 1 is 1.52 bits per heavy atom. The second-order valence-electron chi connectivity index (χ2n) is 5.31. The Bertz CT molecular complexity index is 649. The summed E-state index contributed by atoms with van der Waals surface area (Å²) in [7, 11) is 0. The highest BCUT2D eigenvalue weighted by Crippen LogP contribution is 2.34. The summed E-state index contributed by atoms with van der Waals surface area (Å²) in [5.41, 5.74) is 1.97. The van der Waals surface area contributed by atoms with Crippen LogP contribution < -0.4 is 10.6 Å². The largest absolute Gasteiger partial charge is 0.362 e. The fourth-order valence-electron chi connectivity index (χ4n) is 2.60. The standard InChI is InChI=1S/C14H18N4O2S/c1-8-7-20-18-13(8)17-14(19)15-6-10-4-3-5-11-12(10)16-9(2)21-11/h7,10H,3-6H2,1-2H3,(H2,15,17,18,19). The lowest BCUT2D eigenvalue weighted by atomic mass is 9.91. The number of nitrogens with one attached hydrogen (secondary N) is 2. The van der Waals surface area contributed by atoms with E-state index in [0.717, 1.165) is 29.8 Å². The molecule has 0 bridgehead atoms. The van der Waals surface area contributed by atoms with Gasteiger partial charge in [0.2, 0.25) is 0 Å². The molecule has 2 aromatic rings. The van der Waals surface area contributed by atoms with E-state index < -0.39 is 0 Å². The lowest BCUT2D eigenvalue weighted by Gasteiger charge is -2.21. The molecule has 0 saturated heterocycles. The molecule has 0 radical (unpaired) electrons. The predicted molar refractivity (Wildman–Crippen MR) is 80.8 cm³/mol. The number of urea groups is 1. The first-order chi connectivity index (χ1) is 10.1. The van der Waals surface area contributed by atoms with E-state index in [0.29, 0.717) is 18.3 Å². The molecule has 1 aliphatic carbocycles. The molecule has 1 aliphatic rings. The van der Waals surface area contributed by atoms with Crippen LogP contribution in [0.25, 0.3) is 0 Å². The van der Waals surface area contributed by atoms with Crippen LogP contribution >= 0.6 is 11.3 Å². The number of anilines is 1. The highest BCUT2D eigenvalue weighted by molar-refractivity contribution is 7.11. The lowest BCUT2D eigenvalue weighted by molar-refractivity contribution is 0.250. The van der Waals surface area contributed by atoms with E-state index in [1.54, 1.807) is 11.3 Å². The minimum Gasteiger partial charge on any atom is -0.362 e. The first kappa shape index (κ1) is 14.1. The molecule has 112 valence electrons. The molecule has 0 aliphatic heterocycles. The number of hydrogen-bond donors (Lipinski definition) is 2. The molecule has 2 N–H and O–H groups in total. The molecule has 3 rings (SSSR count). The van der Waals surface area contributed by atoms with Crippen molar-refractivity contribution in [2.45, 2.75) is 39.0 Å². The highest BCUT2D eigenvalue weighted by Gasteiger charge is 2.24. The number of aromatic nitrogens is 2. The van der Waals surface area contributed by atoms with Crippen molar-refractivity contribution in [1.29, 1.82) is 0 Å². The van der Waals surface area contributed by atoms with Crippen LogP contribution in [0.15, 0.2) is 10.8 Å². The molecule has 0 fully saturated rings. The smallest absolute Gasteiger partial charge is 0.320 e. The Hall–Kier alpha value is -1.89. The van der Waals surface area contributed by atoms with Gasteiger partial charge in [-0.1, -0.05) is 5.16 Å². The molecule has 6 nitrogen and oxygen atoms in total. The van der Waals surface area contributed by atoms with Crippen LogP contribution in [0.3, 0.4) is 0 Å². The molecule has 21 heavy (non-hydrogen) atoms. The van der Waals surface area contributed by atoms with Gasteiger partial charge in [0.15, 0.2) is 5.82 Å². The number of aryl methyl sites for hydroxylation is 3. The summed E-state index contributed by atoms with van der Waals surface area (Å²) in [5.74, 6) is 0.768. The normalized spacial score (nSPS) is 17.3. The van der Waals surface area contributed by atoms with Gasteiger partial charge >= 0.3 is 6.03 Å². The number of fused-ring (bicyclic) bond motifs is 1. The van der Waals surface area contributed by atoms with Crippen molar-refractivity contribution in [3.63, 3.8) is 0 Å². The molecule has 2 amide bonds. The summed E-state index contributed by atoms with van der Waals surface area (Å²) < 4.78 is 4.79. The minimum absolute atomic E-state index is 0.258. The summed E-state index contributed by atoms with van der Waals surface area (Å²) in [6.07, 6.45) is 4.84. The van der Waals surface area contributed by atoms with Gasteiger partial charge < -0.3 is 9.84 Å². The molecule has 0 spiro atoms. The van der Waals surface area contributed by atoms with E-state index >= 15 is 0 Å². The van der Waals surface area contributed by atoms with E-state index in [4.69, 9.17) is 4.52 Å². The van der Waals surface area contributed by atoms with Crippen LogP contribution in [0.2, 0.25) is 0 Å². The average Bonchev–Trinajstić information content (AvgIpc) is 3.02. The van der Waals surface area contributed by atoms with Crippen molar-refractivity contribution in [2.75, 3.05) is 11.9 Å². The first-order valence-corrected chi connectivity index (χ1v) is 7.87. The molecule has 2 aromatic heterocycles. The van der Waals surface area contributed by atoms with E-state index in [2.05, 4.69) is 20.8 Å². The number of rotatable bonds is 3. The van der Waals surface area contributed by atoms with Gasteiger partial charge in [0.1, 0.15) is 6.26 Å². The molecule has 1 unspecified atom stereocenters. The van der Waals surface area contributed by atoms with Crippen LogP contribution in [-0.2, 0) is 6.42 Å². The Morgan fingerprint density at radius 3 is 3.14 bits per heavy atom. The third-order valence-corrected chi connectivity index (χ3v) is 4.71. The third kappa shape index (κ3) is 3.07.